The second kappa shape index (κ2) is 4.63. The van der Waals surface area contributed by atoms with Gasteiger partial charge in [0.1, 0.15) is 11.1 Å². The Morgan fingerprint density at radius 2 is 2.54 bits per heavy atom. The summed E-state index contributed by atoms with van der Waals surface area (Å²) in [7, 11) is 0. The summed E-state index contributed by atoms with van der Waals surface area (Å²) in [5, 5.41) is 11.4. The Morgan fingerprint density at radius 1 is 1.77 bits per heavy atom. The number of hydrogen-bond donors (Lipinski definition) is 0. The van der Waals surface area contributed by atoms with Crippen molar-refractivity contribution >= 4 is 22.7 Å². The molecule has 1 aromatic heterocycles. The fourth-order valence-electron chi connectivity index (χ4n) is 0.821. The van der Waals surface area contributed by atoms with Crippen LogP contribution >= 0.6 is 11.3 Å². The molecule has 1 rings (SSSR count). The minimum absolute atomic E-state index is 0.593. The van der Waals surface area contributed by atoms with Crippen LogP contribution < -0.4 is 0 Å². The van der Waals surface area contributed by atoms with Gasteiger partial charge in [-0.05, 0) is 24.8 Å². The average molecular weight is 194 g/mol. The summed E-state index contributed by atoms with van der Waals surface area (Å²) in [6.07, 6.45) is 1.38. The highest BCUT2D eigenvalue weighted by molar-refractivity contribution is 7.14. The van der Waals surface area contributed by atoms with Crippen LogP contribution in [0, 0.1) is 18.3 Å². The molecule has 3 nitrogen and oxygen atoms in total. The van der Waals surface area contributed by atoms with Crippen LogP contribution in [0.15, 0.2) is 10.4 Å². The van der Waals surface area contributed by atoms with E-state index in [0.29, 0.717) is 17.2 Å². The number of thiophene rings is 1. The van der Waals surface area contributed by atoms with E-state index in [-0.39, 0.29) is 0 Å². The third-order valence-corrected chi connectivity index (χ3v) is 2.48. The fourth-order valence-corrected chi connectivity index (χ4v) is 1.66. The van der Waals surface area contributed by atoms with Crippen molar-refractivity contribution in [3.05, 3.63) is 16.5 Å². The monoisotopic (exact) mass is 194 g/mol. The molecule has 0 aliphatic heterocycles. The molecular formula is C9H10N2OS. The predicted molar refractivity (Wildman–Crippen MR) is 53.5 cm³/mol. The Morgan fingerprint density at radius 3 is 3.15 bits per heavy atom. The van der Waals surface area contributed by atoms with E-state index >= 15 is 0 Å². The first kappa shape index (κ1) is 9.75. The number of nitriles is 1. The molecule has 1 heterocycles. The molecule has 0 fully saturated rings. The zero-order valence-corrected chi connectivity index (χ0v) is 8.39. The van der Waals surface area contributed by atoms with Crippen molar-refractivity contribution in [2.75, 3.05) is 6.61 Å². The first-order chi connectivity index (χ1) is 6.29. The molecular weight excluding hydrogens is 184 g/mol. The first-order valence-electron chi connectivity index (χ1n) is 3.92. The number of aliphatic imine (C=N–C) groups is 1. The highest BCUT2D eigenvalue weighted by Gasteiger charge is 2.05. The van der Waals surface area contributed by atoms with Gasteiger partial charge in [-0.1, -0.05) is 0 Å². The molecule has 0 aliphatic carbocycles. The van der Waals surface area contributed by atoms with Crippen molar-refractivity contribution in [1.82, 2.24) is 0 Å². The van der Waals surface area contributed by atoms with Crippen LogP contribution in [0.25, 0.3) is 0 Å². The van der Waals surface area contributed by atoms with Crippen molar-refractivity contribution in [3.8, 4) is 6.07 Å². The van der Waals surface area contributed by atoms with Crippen LogP contribution in [0.3, 0.4) is 0 Å². The van der Waals surface area contributed by atoms with Crippen LogP contribution in [-0.4, -0.2) is 13.0 Å². The minimum Gasteiger partial charge on any atom is -0.483 e. The summed E-state index contributed by atoms with van der Waals surface area (Å²) in [5.41, 5.74) is 1.61. The maximum atomic E-state index is 8.79. The summed E-state index contributed by atoms with van der Waals surface area (Å²) in [6, 6.07) is 2.11. The van der Waals surface area contributed by atoms with Crippen molar-refractivity contribution in [1.29, 1.82) is 5.26 Å². The van der Waals surface area contributed by atoms with E-state index in [2.05, 4.69) is 11.1 Å². The van der Waals surface area contributed by atoms with Gasteiger partial charge in [-0.15, -0.1) is 11.3 Å². The third kappa shape index (κ3) is 2.30. The fraction of sp³-hybridized carbons (Fsp3) is 0.333. The van der Waals surface area contributed by atoms with Gasteiger partial charge in [0.15, 0.2) is 6.40 Å². The van der Waals surface area contributed by atoms with Gasteiger partial charge in [-0.25, -0.2) is 4.99 Å². The molecule has 0 N–H and O–H groups in total. The summed E-state index contributed by atoms with van der Waals surface area (Å²) in [6.45, 7) is 4.38. The largest absolute Gasteiger partial charge is 0.483 e. The smallest absolute Gasteiger partial charge is 0.175 e. The van der Waals surface area contributed by atoms with E-state index in [9.17, 15) is 0 Å². The van der Waals surface area contributed by atoms with E-state index in [4.69, 9.17) is 10.00 Å². The molecule has 0 saturated carbocycles. The molecule has 0 aliphatic rings. The lowest BCUT2D eigenvalue weighted by Crippen LogP contribution is -1.83. The van der Waals surface area contributed by atoms with Gasteiger partial charge in [-0.3, -0.25) is 0 Å². The van der Waals surface area contributed by atoms with Crippen LogP contribution in [0.4, 0.5) is 5.00 Å². The van der Waals surface area contributed by atoms with Gasteiger partial charge < -0.3 is 4.74 Å². The van der Waals surface area contributed by atoms with Gasteiger partial charge >= 0.3 is 0 Å². The molecule has 0 amide bonds. The second-order valence-corrected chi connectivity index (χ2v) is 3.26. The van der Waals surface area contributed by atoms with Crippen molar-refractivity contribution in [3.63, 3.8) is 0 Å². The number of nitrogens with zero attached hydrogens (tertiary/aromatic N) is 2. The highest BCUT2D eigenvalue weighted by Crippen LogP contribution is 2.29. The Bertz CT molecular complexity index is 349. The topological polar surface area (TPSA) is 45.4 Å². The van der Waals surface area contributed by atoms with E-state index in [0.717, 1.165) is 5.56 Å². The van der Waals surface area contributed by atoms with E-state index < -0.39 is 0 Å². The van der Waals surface area contributed by atoms with Crippen LogP contribution in [-0.2, 0) is 4.74 Å². The number of aryl methyl sites for hydroxylation is 1. The molecule has 0 unspecified atom stereocenters. The molecule has 1 aromatic rings. The Kier molecular flexibility index (Phi) is 3.47. The van der Waals surface area contributed by atoms with Gasteiger partial charge in [0.2, 0.25) is 0 Å². The molecule has 0 bridgehead atoms. The number of rotatable bonds is 3. The van der Waals surface area contributed by atoms with Crippen molar-refractivity contribution < 1.29 is 4.74 Å². The lowest BCUT2D eigenvalue weighted by atomic mass is 10.2. The molecule has 0 atom stereocenters. The van der Waals surface area contributed by atoms with Crippen molar-refractivity contribution in [2.45, 2.75) is 13.8 Å². The minimum atomic E-state index is 0.593. The lowest BCUT2D eigenvalue weighted by Gasteiger charge is -1.91. The van der Waals surface area contributed by atoms with E-state index in [1.165, 1.54) is 17.7 Å². The standard InChI is InChI=1S/C9H10N2OS/c1-3-12-6-11-9-8(4-10)7(2)5-13-9/h5-6H,3H2,1-2H3. The molecule has 0 spiro atoms. The van der Waals surface area contributed by atoms with Crippen LogP contribution in [0.2, 0.25) is 0 Å². The van der Waals surface area contributed by atoms with Crippen LogP contribution in [0.5, 0.6) is 0 Å². The van der Waals surface area contributed by atoms with Gasteiger partial charge in [-0.2, -0.15) is 5.26 Å². The molecule has 0 aromatic carbocycles. The Balaban J connectivity index is 2.84. The normalized spacial score (nSPS) is 10.2. The molecule has 13 heavy (non-hydrogen) atoms. The number of ether oxygens (including phenoxy) is 1. The summed E-state index contributed by atoms with van der Waals surface area (Å²) in [5.74, 6) is 0. The van der Waals surface area contributed by atoms with E-state index in [1.807, 2.05) is 19.2 Å². The number of hydrogen-bond acceptors (Lipinski definition) is 4. The molecule has 0 saturated heterocycles. The second-order valence-electron chi connectivity index (χ2n) is 2.40. The Hall–Kier alpha value is -1.34. The lowest BCUT2D eigenvalue weighted by molar-refractivity contribution is 0.344. The third-order valence-electron chi connectivity index (χ3n) is 1.48. The van der Waals surface area contributed by atoms with Gasteiger partial charge in [0, 0.05) is 0 Å². The first-order valence-corrected chi connectivity index (χ1v) is 4.80. The molecule has 4 heteroatoms. The van der Waals surface area contributed by atoms with Gasteiger partial charge in [0.25, 0.3) is 0 Å². The zero-order chi connectivity index (χ0) is 9.68. The maximum Gasteiger partial charge on any atom is 0.175 e. The summed E-state index contributed by atoms with van der Waals surface area (Å²) >= 11 is 1.45. The maximum absolute atomic E-state index is 8.79. The summed E-state index contributed by atoms with van der Waals surface area (Å²) in [4.78, 5) is 4.04. The molecule has 68 valence electrons. The van der Waals surface area contributed by atoms with E-state index in [1.54, 1.807) is 0 Å². The van der Waals surface area contributed by atoms with Gasteiger partial charge in [0.05, 0.1) is 12.2 Å². The molecule has 0 radical (unpaired) electrons. The predicted octanol–water partition coefficient (Wildman–Crippen LogP) is 2.62. The SMILES string of the molecule is CCOC=Nc1scc(C)c1C#N. The Labute approximate surface area is 81.3 Å². The summed E-state index contributed by atoms with van der Waals surface area (Å²) < 4.78 is 4.95. The van der Waals surface area contributed by atoms with Crippen LogP contribution in [0.1, 0.15) is 18.1 Å². The average Bonchev–Trinajstić information content (AvgIpc) is 2.47. The van der Waals surface area contributed by atoms with Crippen molar-refractivity contribution in [2.24, 2.45) is 4.99 Å². The quantitative estimate of drug-likeness (QED) is 0.548. The highest BCUT2D eigenvalue weighted by atomic mass is 32.1. The zero-order valence-electron chi connectivity index (χ0n) is 7.57.